The molecule has 4 N–H and O–H groups in total. The molecule has 4 rings (SSSR count). The summed E-state index contributed by atoms with van der Waals surface area (Å²) in [7, 11) is 1.83. The zero-order valence-electron chi connectivity index (χ0n) is 19.5. The first kappa shape index (κ1) is 24.1. The highest BCUT2D eigenvalue weighted by Gasteiger charge is 2.29. The van der Waals surface area contributed by atoms with Crippen molar-refractivity contribution in [2.75, 3.05) is 35.6 Å². The molecule has 11 heteroatoms. The zero-order chi connectivity index (χ0) is 24.5. The number of nitrogens with zero attached hydrogens (tertiary/aromatic N) is 4. The lowest BCUT2D eigenvalue weighted by Gasteiger charge is -2.29. The monoisotopic (exact) mass is 489 g/mol. The molecule has 1 aliphatic heterocycles. The van der Waals surface area contributed by atoms with Crippen molar-refractivity contribution in [3.05, 3.63) is 41.7 Å². The second-order valence-electron chi connectivity index (χ2n) is 8.72. The smallest absolute Gasteiger partial charge is 0.277 e. The topological polar surface area (TPSA) is 101 Å². The van der Waals surface area contributed by atoms with Gasteiger partial charge in [-0.3, -0.25) is 9.48 Å². The minimum absolute atomic E-state index is 0.0138. The van der Waals surface area contributed by atoms with E-state index >= 15 is 0 Å². The lowest BCUT2D eigenvalue weighted by molar-refractivity contribution is 0.102. The van der Waals surface area contributed by atoms with Crippen LogP contribution in [0.2, 0.25) is 0 Å². The van der Waals surface area contributed by atoms with E-state index in [4.69, 9.17) is 5.73 Å². The summed E-state index contributed by atoms with van der Waals surface area (Å²) < 4.78 is 30.1. The maximum absolute atomic E-state index is 14.2. The van der Waals surface area contributed by atoms with Crippen molar-refractivity contribution < 1.29 is 13.6 Å². The third-order valence-electron chi connectivity index (χ3n) is 6.19. The number of benzene rings is 1. The predicted octanol–water partition coefficient (Wildman–Crippen LogP) is 4.01. The summed E-state index contributed by atoms with van der Waals surface area (Å²) in [6, 6.07) is 3.55. The summed E-state index contributed by atoms with van der Waals surface area (Å²) >= 11 is 0.867. The maximum Gasteiger partial charge on any atom is 0.277 e. The van der Waals surface area contributed by atoms with Crippen LogP contribution in [-0.2, 0) is 7.05 Å². The lowest BCUT2D eigenvalue weighted by Crippen LogP contribution is -2.43. The van der Waals surface area contributed by atoms with Crippen molar-refractivity contribution in [3.63, 3.8) is 0 Å². The molecule has 1 aliphatic rings. The van der Waals surface area contributed by atoms with Crippen molar-refractivity contribution in [2.45, 2.75) is 38.6 Å². The molecule has 0 aliphatic carbocycles. The second-order valence-corrected chi connectivity index (χ2v) is 9.75. The van der Waals surface area contributed by atoms with Gasteiger partial charge < -0.3 is 21.3 Å². The van der Waals surface area contributed by atoms with Gasteiger partial charge in [0.25, 0.3) is 5.91 Å². The number of hydrogen-bond donors (Lipinski definition) is 3. The Hall–Kier alpha value is -3.05. The number of amides is 1. The first-order chi connectivity index (χ1) is 16.2. The number of rotatable bonds is 6. The van der Waals surface area contributed by atoms with Gasteiger partial charge in [0.2, 0.25) is 0 Å². The van der Waals surface area contributed by atoms with Crippen molar-refractivity contribution >= 4 is 33.8 Å². The number of aryl methyl sites for hydroxylation is 1. The molecule has 1 amide bonds. The summed E-state index contributed by atoms with van der Waals surface area (Å²) in [4.78, 5) is 19.4. The number of anilines is 3. The molecule has 1 aromatic carbocycles. The molecule has 1 fully saturated rings. The Morgan fingerprint density at radius 3 is 2.71 bits per heavy atom. The third kappa shape index (κ3) is 4.76. The van der Waals surface area contributed by atoms with Crippen LogP contribution in [0.3, 0.4) is 0 Å². The van der Waals surface area contributed by atoms with E-state index in [1.54, 1.807) is 10.9 Å². The van der Waals surface area contributed by atoms with Crippen LogP contribution < -0.4 is 21.3 Å². The van der Waals surface area contributed by atoms with E-state index in [1.165, 1.54) is 6.07 Å². The lowest BCUT2D eigenvalue weighted by atomic mass is 9.93. The van der Waals surface area contributed by atoms with Gasteiger partial charge in [0.15, 0.2) is 11.5 Å². The largest absolute Gasteiger partial charge is 0.389 e. The summed E-state index contributed by atoms with van der Waals surface area (Å²) in [6.45, 7) is 6.91. The molecule has 182 valence electrons. The molecule has 3 aromatic rings. The quantitative estimate of drug-likeness (QED) is 0.484. The summed E-state index contributed by atoms with van der Waals surface area (Å²) in [5, 5.41) is 10.9. The number of nitrogens with two attached hydrogens (primary N) is 1. The van der Waals surface area contributed by atoms with Gasteiger partial charge >= 0.3 is 0 Å². The molecular weight excluding hydrogens is 460 g/mol. The standard InChI is InChI=1S/C23H29F2N7OS/c1-4-27-23(2)9-6-11-32(12-10-23)22-16(13-28-31(22)3)29-20(33)18-19(26)34-21(30-18)17-14(24)7-5-8-15(17)25/h5,7-8,13,27H,4,6,9-12,26H2,1-3H3,(H,29,33). The van der Waals surface area contributed by atoms with E-state index in [0.29, 0.717) is 5.69 Å². The minimum Gasteiger partial charge on any atom is -0.389 e. The van der Waals surface area contributed by atoms with Gasteiger partial charge in [-0.25, -0.2) is 13.8 Å². The number of nitrogen functional groups attached to an aromatic ring is 1. The van der Waals surface area contributed by atoms with Crippen LogP contribution in [0.5, 0.6) is 0 Å². The van der Waals surface area contributed by atoms with Gasteiger partial charge in [-0.2, -0.15) is 5.10 Å². The van der Waals surface area contributed by atoms with Crippen molar-refractivity contribution in [1.29, 1.82) is 0 Å². The van der Waals surface area contributed by atoms with Crippen LogP contribution in [-0.4, -0.2) is 45.8 Å². The molecule has 8 nitrogen and oxygen atoms in total. The molecule has 1 atom stereocenters. The highest BCUT2D eigenvalue weighted by atomic mass is 32.1. The highest BCUT2D eigenvalue weighted by molar-refractivity contribution is 7.19. The molecule has 0 radical (unpaired) electrons. The third-order valence-corrected chi connectivity index (χ3v) is 7.10. The fourth-order valence-electron chi connectivity index (χ4n) is 4.47. The first-order valence-electron chi connectivity index (χ1n) is 11.3. The van der Waals surface area contributed by atoms with Crippen LogP contribution in [0, 0.1) is 11.6 Å². The number of hydrogen-bond acceptors (Lipinski definition) is 7. The molecule has 1 unspecified atom stereocenters. The van der Waals surface area contributed by atoms with Crippen molar-refractivity contribution in [2.24, 2.45) is 7.05 Å². The van der Waals surface area contributed by atoms with Crippen LogP contribution in [0.25, 0.3) is 10.6 Å². The Labute approximate surface area is 201 Å². The van der Waals surface area contributed by atoms with Gasteiger partial charge in [0.05, 0.1) is 11.8 Å². The number of carbonyl (C=O) groups excluding carboxylic acids is 1. The molecule has 0 bridgehead atoms. The number of thiazole rings is 1. The van der Waals surface area contributed by atoms with Gasteiger partial charge in [-0.05, 0) is 44.9 Å². The number of carbonyl (C=O) groups is 1. The molecule has 34 heavy (non-hydrogen) atoms. The normalized spacial score (nSPS) is 18.7. The molecule has 2 aromatic heterocycles. The van der Waals surface area contributed by atoms with E-state index in [9.17, 15) is 13.6 Å². The zero-order valence-corrected chi connectivity index (χ0v) is 20.3. The molecular formula is C23H29F2N7OS. The van der Waals surface area contributed by atoms with E-state index < -0.39 is 17.5 Å². The van der Waals surface area contributed by atoms with Crippen LogP contribution >= 0.6 is 11.3 Å². The Bertz CT molecular complexity index is 1170. The Morgan fingerprint density at radius 1 is 1.26 bits per heavy atom. The Morgan fingerprint density at radius 2 is 2.00 bits per heavy atom. The van der Waals surface area contributed by atoms with Crippen molar-refractivity contribution in [3.8, 4) is 10.6 Å². The summed E-state index contributed by atoms with van der Waals surface area (Å²) in [5.41, 5.74) is 6.24. The summed E-state index contributed by atoms with van der Waals surface area (Å²) in [6.07, 6.45) is 4.60. The SMILES string of the molecule is CCNC1(C)CCCN(c2c(NC(=O)c3nc(-c4c(F)cccc4F)sc3N)cnn2C)CC1. The number of nitrogens with one attached hydrogen (secondary N) is 2. The summed E-state index contributed by atoms with van der Waals surface area (Å²) in [5.74, 6) is -1.29. The number of halogens is 2. The predicted molar refractivity (Wildman–Crippen MR) is 131 cm³/mol. The van der Waals surface area contributed by atoms with Gasteiger partial charge in [0, 0.05) is 25.7 Å². The molecule has 3 heterocycles. The van der Waals surface area contributed by atoms with Gasteiger partial charge in [0.1, 0.15) is 27.3 Å². The average molecular weight is 490 g/mol. The molecule has 0 saturated carbocycles. The Kier molecular flexibility index (Phi) is 6.85. The fourth-order valence-corrected chi connectivity index (χ4v) is 5.35. The van der Waals surface area contributed by atoms with Gasteiger partial charge in [-0.1, -0.05) is 24.3 Å². The van der Waals surface area contributed by atoms with E-state index in [-0.39, 0.29) is 26.8 Å². The van der Waals surface area contributed by atoms with Crippen LogP contribution in [0.4, 0.5) is 25.3 Å². The first-order valence-corrected chi connectivity index (χ1v) is 12.1. The number of aromatic nitrogens is 3. The van der Waals surface area contributed by atoms with E-state index in [2.05, 4.69) is 39.5 Å². The maximum atomic E-state index is 14.2. The minimum atomic E-state index is -0.763. The Balaban J connectivity index is 1.56. The van der Waals surface area contributed by atoms with E-state index in [0.717, 1.165) is 68.2 Å². The fraction of sp³-hybridized carbons (Fsp3) is 0.435. The second kappa shape index (κ2) is 9.67. The van der Waals surface area contributed by atoms with Gasteiger partial charge in [-0.15, -0.1) is 0 Å². The van der Waals surface area contributed by atoms with Crippen LogP contribution in [0.15, 0.2) is 24.4 Å². The van der Waals surface area contributed by atoms with Crippen molar-refractivity contribution in [1.82, 2.24) is 20.1 Å². The average Bonchev–Trinajstić information content (AvgIpc) is 3.26. The molecule has 1 saturated heterocycles. The highest BCUT2D eigenvalue weighted by Crippen LogP contribution is 2.35. The van der Waals surface area contributed by atoms with Crippen LogP contribution in [0.1, 0.15) is 43.6 Å². The van der Waals surface area contributed by atoms with E-state index in [1.807, 2.05) is 7.05 Å². The molecule has 0 spiro atoms.